The minimum atomic E-state index is -3.45. The topological polar surface area (TPSA) is 83.2 Å². The van der Waals surface area contributed by atoms with Gasteiger partial charge in [0.25, 0.3) is 0 Å². The summed E-state index contributed by atoms with van der Waals surface area (Å²) >= 11 is 0. The van der Waals surface area contributed by atoms with Crippen molar-refractivity contribution in [1.82, 2.24) is 15.0 Å². The molecule has 1 aromatic heterocycles. The molecule has 0 aliphatic heterocycles. The van der Waals surface area contributed by atoms with Crippen molar-refractivity contribution < 1.29 is 13.2 Å². The maximum Gasteiger partial charge on any atom is 0.242 e. The van der Waals surface area contributed by atoms with Gasteiger partial charge in [-0.3, -0.25) is 0 Å². The Bertz CT molecular complexity index is 471. The second kappa shape index (κ2) is 9.12. The summed E-state index contributed by atoms with van der Waals surface area (Å²) < 4.78 is 31.8. The average molecular weight is 303 g/mol. The van der Waals surface area contributed by atoms with Crippen LogP contribution < -0.4 is 10.0 Å². The van der Waals surface area contributed by atoms with Gasteiger partial charge in [-0.05, 0) is 19.0 Å². The molecule has 0 spiro atoms. The first kappa shape index (κ1) is 17.2. The first-order valence-electron chi connectivity index (χ1n) is 7.05. The Hall–Kier alpha value is -0.890. The molecule has 20 heavy (non-hydrogen) atoms. The van der Waals surface area contributed by atoms with E-state index in [9.17, 15) is 8.42 Å². The minimum Gasteiger partial charge on any atom is -0.380 e. The maximum atomic E-state index is 12.0. The summed E-state index contributed by atoms with van der Waals surface area (Å²) in [6.07, 6.45) is 3.58. The van der Waals surface area contributed by atoms with Gasteiger partial charge in [0.15, 0.2) is 0 Å². The van der Waals surface area contributed by atoms with Crippen LogP contribution >= 0.6 is 0 Å². The van der Waals surface area contributed by atoms with Crippen LogP contribution in [0.3, 0.4) is 0 Å². The van der Waals surface area contributed by atoms with E-state index in [0.29, 0.717) is 26.3 Å². The SMILES string of the molecule is CCCCOCCNS(=O)(=O)c1c[nH]c(CNCC)c1. The third-order valence-electron chi connectivity index (χ3n) is 2.77. The van der Waals surface area contributed by atoms with Crippen LogP contribution in [0.1, 0.15) is 32.4 Å². The molecule has 1 rings (SSSR count). The molecule has 1 aromatic rings. The van der Waals surface area contributed by atoms with Gasteiger partial charge in [-0.15, -0.1) is 0 Å². The molecule has 6 nitrogen and oxygen atoms in total. The van der Waals surface area contributed by atoms with Crippen molar-refractivity contribution in [2.75, 3.05) is 26.3 Å². The summed E-state index contributed by atoms with van der Waals surface area (Å²) in [6, 6.07) is 1.64. The number of H-pyrrole nitrogens is 1. The van der Waals surface area contributed by atoms with Gasteiger partial charge in [0.05, 0.1) is 11.5 Å². The number of hydrogen-bond acceptors (Lipinski definition) is 4. The molecule has 0 amide bonds. The van der Waals surface area contributed by atoms with Crippen LogP contribution in [-0.2, 0) is 21.3 Å². The highest BCUT2D eigenvalue weighted by molar-refractivity contribution is 7.89. The second-order valence-corrected chi connectivity index (χ2v) is 6.27. The predicted molar refractivity (Wildman–Crippen MR) is 79.1 cm³/mol. The van der Waals surface area contributed by atoms with Crippen LogP contribution in [0.25, 0.3) is 0 Å². The Kier molecular flexibility index (Phi) is 7.83. The average Bonchev–Trinajstić information content (AvgIpc) is 2.90. The minimum absolute atomic E-state index is 0.263. The van der Waals surface area contributed by atoms with Gasteiger partial charge in [-0.1, -0.05) is 20.3 Å². The molecule has 0 radical (unpaired) electrons. The first-order chi connectivity index (χ1) is 9.60. The number of unbranched alkanes of at least 4 members (excludes halogenated alkanes) is 1. The Balaban J connectivity index is 2.38. The van der Waals surface area contributed by atoms with Gasteiger partial charge in [0.2, 0.25) is 10.0 Å². The molecule has 0 bridgehead atoms. The maximum absolute atomic E-state index is 12.0. The molecule has 0 saturated carbocycles. The monoisotopic (exact) mass is 303 g/mol. The number of sulfonamides is 1. The van der Waals surface area contributed by atoms with Gasteiger partial charge in [0.1, 0.15) is 0 Å². The van der Waals surface area contributed by atoms with E-state index in [4.69, 9.17) is 4.74 Å². The van der Waals surface area contributed by atoms with Crippen LogP contribution in [0.5, 0.6) is 0 Å². The zero-order valence-corrected chi connectivity index (χ0v) is 13.1. The highest BCUT2D eigenvalue weighted by Crippen LogP contribution is 2.10. The van der Waals surface area contributed by atoms with Crippen molar-refractivity contribution in [2.24, 2.45) is 0 Å². The quantitative estimate of drug-likeness (QED) is 0.537. The number of aromatic amines is 1. The van der Waals surface area contributed by atoms with E-state index in [0.717, 1.165) is 25.1 Å². The van der Waals surface area contributed by atoms with Gasteiger partial charge in [0, 0.05) is 31.6 Å². The van der Waals surface area contributed by atoms with Crippen molar-refractivity contribution in [1.29, 1.82) is 0 Å². The third kappa shape index (κ3) is 6.04. The zero-order chi connectivity index (χ0) is 14.8. The lowest BCUT2D eigenvalue weighted by atomic mass is 10.4. The number of ether oxygens (including phenoxy) is 1. The van der Waals surface area contributed by atoms with Crippen molar-refractivity contribution in [3.8, 4) is 0 Å². The van der Waals surface area contributed by atoms with E-state index in [2.05, 4.69) is 21.9 Å². The zero-order valence-electron chi connectivity index (χ0n) is 12.2. The molecule has 116 valence electrons. The summed E-state index contributed by atoms with van der Waals surface area (Å²) in [5.41, 5.74) is 0.853. The van der Waals surface area contributed by atoms with Crippen LogP contribution in [-0.4, -0.2) is 39.7 Å². The fourth-order valence-electron chi connectivity index (χ4n) is 1.62. The van der Waals surface area contributed by atoms with E-state index in [-0.39, 0.29) is 4.90 Å². The van der Waals surface area contributed by atoms with Crippen molar-refractivity contribution in [3.63, 3.8) is 0 Å². The summed E-state index contributed by atoms with van der Waals surface area (Å²) in [4.78, 5) is 3.22. The fraction of sp³-hybridized carbons (Fsp3) is 0.692. The summed E-state index contributed by atoms with van der Waals surface area (Å²) in [7, 11) is -3.45. The fourth-order valence-corrected chi connectivity index (χ4v) is 2.65. The van der Waals surface area contributed by atoms with E-state index in [1.807, 2.05) is 6.92 Å². The summed E-state index contributed by atoms with van der Waals surface area (Å²) in [6.45, 7) is 6.92. The highest BCUT2D eigenvalue weighted by atomic mass is 32.2. The number of hydrogen-bond donors (Lipinski definition) is 3. The molecule has 0 fully saturated rings. The van der Waals surface area contributed by atoms with E-state index < -0.39 is 10.0 Å². The normalized spacial score (nSPS) is 11.9. The molecule has 1 heterocycles. The van der Waals surface area contributed by atoms with Crippen molar-refractivity contribution in [3.05, 3.63) is 18.0 Å². The molecule has 0 aliphatic carbocycles. The number of rotatable bonds is 11. The van der Waals surface area contributed by atoms with Crippen molar-refractivity contribution >= 4 is 10.0 Å². The molecule has 0 aromatic carbocycles. The van der Waals surface area contributed by atoms with E-state index in [1.54, 1.807) is 6.07 Å². The molecule has 0 saturated heterocycles. The van der Waals surface area contributed by atoms with Crippen LogP contribution in [0.2, 0.25) is 0 Å². The molecule has 3 N–H and O–H groups in total. The summed E-state index contributed by atoms with van der Waals surface area (Å²) in [5, 5.41) is 3.13. The van der Waals surface area contributed by atoms with E-state index in [1.165, 1.54) is 6.20 Å². The Morgan fingerprint density at radius 2 is 2.10 bits per heavy atom. The second-order valence-electron chi connectivity index (χ2n) is 4.50. The van der Waals surface area contributed by atoms with Gasteiger partial charge in [-0.25, -0.2) is 13.1 Å². The number of nitrogens with one attached hydrogen (secondary N) is 3. The lowest BCUT2D eigenvalue weighted by Crippen LogP contribution is -2.27. The molecule has 0 aliphatic rings. The van der Waals surface area contributed by atoms with Crippen LogP contribution in [0.4, 0.5) is 0 Å². The lowest BCUT2D eigenvalue weighted by Gasteiger charge is -2.05. The van der Waals surface area contributed by atoms with Crippen LogP contribution in [0, 0.1) is 0 Å². The number of aromatic nitrogens is 1. The molecular weight excluding hydrogens is 278 g/mol. The van der Waals surface area contributed by atoms with Gasteiger partial charge < -0.3 is 15.0 Å². The Morgan fingerprint density at radius 3 is 2.80 bits per heavy atom. The molecule has 0 atom stereocenters. The van der Waals surface area contributed by atoms with Crippen LogP contribution in [0.15, 0.2) is 17.2 Å². The van der Waals surface area contributed by atoms with Gasteiger partial charge in [-0.2, -0.15) is 0 Å². The molecular formula is C13H25N3O3S. The largest absolute Gasteiger partial charge is 0.380 e. The lowest BCUT2D eigenvalue weighted by molar-refractivity contribution is 0.136. The smallest absolute Gasteiger partial charge is 0.242 e. The van der Waals surface area contributed by atoms with E-state index >= 15 is 0 Å². The van der Waals surface area contributed by atoms with Gasteiger partial charge >= 0.3 is 0 Å². The molecule has 7 heteroatoms. The Morgan fingerprint density at radius 1 is 1.30 bits per heavy atom. The third-order valence-corrected chi connectivity index (χ3v) is 4.21. The summed E-state index contributed by atoms with van der Waals surface area (Å²) in [5.74, 6) is 0. The highest BCUT2D eigenvalue weighted by Gasteiger charge is 2.15. The standard InChI is InChI=1S/C13H25N3O3S/c1-3-5-7-19-8-6-16-20(17,18)13-9-12(15-11-13)10-14-4-2/h9,11,14-16H,3-8,10H2,1-2H3. The Labute approximate surface area is 121 Å². The molecule has 0 unspecified atom stereocenters. The first-order valence-corrected chi connectivity index (χ1v) is 8.54. The van der Waals surface area contributed by atoms with Crippen molar-refractivity contribution in [2.45, 2.75) is 38.1 Å². The predicted octanol–water partition coefficient (Wildman–Crippen LogP) is 1.22.